The van der Waals surface area contributed by atoms with E-state index in [2.05, 4.69) is 29.4 Å². The van der Waals surface area contributed by atoms with Crippen molar-refractivity contribution in [3.8, 4) is 11.5 Å². The minimum Gasteiger partial charge on any atom is -0.494 e. The van der Waals surface area contributed by atoms with Crippen LogP contribution in [-0.2, 0) is 34.3 Å². The Morgan fingerprint density at radius 3 is 2.71 bits per heavy atom. The highest BCUT2D eigenvalue weighted by Gasteiger charge is 2.38. The number of aryl methyl sites for hydroxylation is 1. The molecule has 250 valence electrons. The summed E-state index contributed by atoms with van der Waals surface area (Å²) in [6.45, 7) is 5.58. The fraction of sp³-hybridized carbons (Fsp3) is 0.432. The molecule has 2 amide bonds. The van der Waals surface area contributed by atoms with Crippen LogP contribution in [-0.4, -0.2) is 71.1 Å². The van der Waals surface area contributed by atoms with Crippen LogP contribution in [0.3, 0.4) is 0 Å². The topological polar surface area (TPSA) is 116 Å². The van der Waals surface area contributed by atoms with Crippen molar-refractivity contribution < 1.29 is 28.6 Å². The number of ether oxygens (including phenoxy) is 3. The molecule has 0 spiro atoms. The van der Waals surface area contributed by atoms with Crippen LogP contribution in [0.5, 0.6) is 11.5 Å². The van der Waals surface area contributed by atoms with Crippen molar-refractivity contribution >= 4 is 34.5 Å². The van der Waals surface area contributed by atoms with E-state index in [1.54, 1.807) is 18.7 Å². The van der Waals surface area contributed by atoms with Gasteiger partial charge in [0.05, 0.1) is 31.4 Å². The number of fused-ring (bicyclic) bond motifs is 3. The summed E-state index contributed by atoms with van der Waals surface area (Å²) in [5.74, 6) is 0.761. The van der Waals surface area contributed by atoms with Gasteiger partial charge in [-0.25, -0.2) is 4.68 Å². The van der Waals surface area contributed by atoms with E-state index in [0.29, 0.717) is 61.2 Å². The smallest absolute Gasteiger partial charge is 0.306 e. The van der Waals surface area contributed by atoms with E-state index in [4.69, 9.17) is 14.2 Å². The molecule has 0 saturated heterocycles. The van der Waals surface area contributed by atoms with Gasteiger partial charge < -0.3 is 24.0 Å². The molecule has 1 fully saturated rings. The molecule has 2 aliphatic heterocycles. The number of hydrogen-bond donors (Lipinski definition) is 0. The number of rotatable bonds is 10. The highest BCUT2D eigenvalue weighted by atomic mass is 16.5. The third kappa shape index (κ3) is 5.65. The van der Waals surface area contributed by atoms with E-state index in [1.165, 1.54) is 0 Å². The molecule has 11 nitrogen and oxygen atoms in total. The third-order valence-corrected chi connectivity index (χ3v) is 9.72. The van der Waals surface area contributed by atoms with E-state index in [0.717, 1.165) is 58.3 Å². The van der Waals surface area contributed by atoms with Crippen LogP contribution in [0, 0.1) is 0 Å². The van der Waals surface area contributed by atoms with Crippen molar-refractivity contribution in [2.24, 2.45) is 7.05 Å². The normalized spacial score (nSPS) is 16.3. The van der Waals surface area contributed by atoms with E-state index < -0.39 is 0 Å². The van der Waals surface area contributed by atoms with Gasteiger partial charge in [-0.1, -0.05) is 36.4 Å². The van der Waals surface area contributed by atoms with Crippen LogP contribution in [0.15, 0.2) is 42.5 Å². The predicted molar refractivity (Wildman–Crippen MR) is 180 cm³/mol. The molecule has 1 aliphatic carbocycles. The van der Waals surface area contributed by atoms with Gasteiger partial charge in [0.2, 0.25) is 0 Å². The predicted octanol–water partition coefficient (Wildman–Crippen LogP) is 5.27. The zero-order valence-electron chi connectivity index (χ0n) is 28.0. The van der Waals surface area contributed by atoms with Crippen LogP contribution >= 0.6 is 0 Å². The highest BCUT2D eigenvalue weighted by Crippen LogP contribution is 2.50. The van der Waals surface area contributed by atoms with Gasteiger partial charge in [0.25, 0.3) is 11.8 Å². The maximum atomic E-state index is 14.2. The van der Waals surface area contributed by atoms with Crippen molar-refractivity contribution in [2.75, 3.05) is 38.3 Å². The van der Waals surface area contributed by atoms with Gasteiger partial charge in [-0.3, -0.25) is 14.4 Å². The Morgan fingerprint density at radius 1 is 1.12 bits per heavy atom. The molecule has 4 aromatic rings. The summed E-state index contributed by atoms with van der Waals surface area (Å²) in [6.07, 6.45) is 3.73. The first kappa shape index (κ1) is 31.7. The summed E-state index contributed by atoms with van der Waals surface area (Å²) >= 11 is 0. The SMILES string of the molecule is CCCN1C(=O)COc2c(C(=O)N3CCc4c(cccc4C(CC(=O)OCC)c4cc(OC)c5c(c4)nnn5C)C3)ccc(C3CC3)c21. The average Bonchev–Trinajstić information content (AvgIpc) is 3.88. The number of hydrogen-bond acceptors (Lipinski definition) is 8. The third-order valence-electron chi connectivity index (χ3n) is 9.72. The van der Waals surface area contributed by atoms with E-state index in [9.17, 15) is 14.4 Å². The Bertz CT molecular complexity index is 1910. The summed E-state index contributed by atoms with van der Waals surface area (Å²) in [5, 5.41) is 8.51. The highest BCUT2D eigenvalue weighted by molar-refractivity contribution is 6.05. The Kier molecular flexibility index (Phi) is 8.53. The Labute approximate surface area is 279 Å². The van der Waals surface area contributed by atoms with Gasteiger partial charge in [0.1, 0.15) is 16.8 Å². The van der Waals surface area contributed by atoms with E-state index >= 15 is 0 Å². The Balaban J connectivity index is 1.23. The number of esters is 1. The lowest BCUT2D eigenvalue weighted by Gasteiger charge is -2.35. The van der Waals surface area contributed by atoms with Gasteiger partial charge in [-0.05, 0) is 84.5 Å². The molecule has 1 saturated carbocycles. The molecule has 1 aromatic heterocycles. The Morgan fingerprint density at radius 2 is 1.96 bits per heavy atom. The van der Waals surface area contributed by atoms with Crippen LogP contribution in [0.2, 0.25) is 0 Å². The largest absolute Gasteiger partial charge is 0.494 e. The summed E-state index contributed by atoms with van der Waals surface area (Å²) in [4.78, 5) is 43.8. The van der Waals surface area contributed by atoms with Crippen LogP contribution in [0.25, 0.3) is 11.0 Å². The second-order valence-corrected chi connectivity index (χ2v) is 12.8. The van der Waals surface area contributed by atoms with Gasteiger partial charge in [-0.2, -0.15) is 0 Å². The van der Waals surface area contributed by atoms with Crippen molar-refractivity contribution in [2.45, 2.75) is 64.3 Å². The fourth-order valence-corrected chi connectivity index (χ4v) is 7.33. The first-order valence-corrected chi connectivity index (χ1v) is 16.9. The molecule has 11 heteroatoms. The van der Waals surface area contributed by atoms with Crippen LogP contribution in [0.1, 0.15) is 89.5 Å². The molecule has 3 aliphatic rings. The number of carbonyl (C=O) groups excluding carboxylic acids is 3. The van der Waals surface area contributed by atoms with Gasteiger partial charge in [0, 0.05) is 32.6 Å². The zero-order valence-corrected chi connectivity index (χ0v) is 28.0. The van der Waals surface area contributed by atoms with Crippen molar-refractivity contribution in [3.05, 3.63) is 75.8 Å². The molecule has 3 heterocycles. The van der Waals surface area contributed by atoms with E-state index in [1.807, 2.05) is 47.2 Å². The number of methoxy groups -OCH3 is 1. The van der Waals surface area contributed by atoms with Crippen LogP contribution < -0.4 is 14.4 Å². The molecule has 0 bridgehead atoms. The van der Waals surface area contributed by atoms with Gasteiger partial charge >= 0.3 is 5.97 Å². The maximum Gasteiger partial charge on any atom is 0.306 e. The number of benzene rings is 3. The summed E-state index contributed by atoms with van der Waals surface area (Å²) < 4.78 is 18.9. The summed E-state index contributed by atoms with van der Waals surface area (Å²) in [6, 6.07) is 13.9. The monoisotopic (exact) mass is 651 g/mol. The maximum absolute atomic E-state index is 14.2. The first-order valence-electron chi connectivity index (χ1n) is 16.9. The quantitative estimate of drug-likeness (QED) is 0.213. The van der Waals surface area contributed by atoms with Gasteiger partial charge in [0.15, 0.2) is 12.4 Å². The van der Waals surface area contributed by atoms with Crippen molar-refractivity contribution in [1.29, 1.82) is 0 Å². The molecule has 7 rings (SSSR count). The van der Waals surface area contributed by atoms with E-state index in [-0.39, 0.29) is 36.7 Å². The number of amides is 2. The van der Waals surface area contributed by atoms with Crippen molar-refractivity contribution in [1.82, 2.24) is 19.9 Å². The van der Waals surface area contributed by atoms with Gasteiger partial charge in [-0.15, -0.1) is 5.10 Å². The van der Waals surface area contributed by atoms with Crippen LogP contribution in [0.4, 0.5) is 5.69 Å². The molecule has 0 radical (unpaired) electrons. The second kappa shape index (κ2) is 12.9. The van der Waals surface area contributed by atoms with Crippen molar-refractivity contribution in [3.63, 3.8) is 0 Å². The zero-order chi connectivity index (χ0) is 33.5. The number of aromatic nitrogens is 3. The minimum atomic E-state index is -0.320. The summed E-state index contributed by atoms with van der Waals surface area (Å²) in [7, 11) is 3.43. The minimum absolute atomic E-state index is 0.0660. The second-order valence-electron chi connectivity index (χ2n) is 12.8. The molecule has 1 unspecified atom stereocenters. The fourth-order valence-electron chi connectivity index (χ4n) is 7.33. The summed E-state index contributed by atoms with van der Waals surface area (Å²) in [5.41, 5.74) is 7.87. The Hall–Kier alpha value is -4.93. The first-order chi connectivity index (χ1) is 23.3. The molecule has 3 aromatic carbocycles. The number of anilines is 1. The molecule has 0 N–H and O–H groups in total. The lowest BCUT2D eigenvalue weighted by Crippen LogP contribution is -2.41. The molecular weight excluding hydrogens is 610 g/mol. The lowest BCUT2D eigenvalue weighted by molar-refractivity contribution is -0.143. The average molecular weight is 652 g/mol. The lowest BCUT2D eigenvalue weighted by atomic mass is 9.82. The molecular formula is C37H41N5O6. The number of carbonyl (C=O) groups is 3. The number of nitrogens with zero attached hydrogens (tertiary/aromatic N) is 5. The molecule has 48 heavy (non-hydrogen) atoms. The molecule has 1 atom stereocenters. The standard InChI is InChI=1S/C37H41N5O6/c1-5-15-42-32(43)21-48-36-28(13-12-26(34(36)42)22-10-11-22)37(45)41-16-14-25-23(20-41)8-7-9-27(25)29(19-33(44)47-6-2)24-17-30-35(31(18-24)46-4)40(3)39-38-30/h7-9,12-13,17-18,22,29H,5-6,10-11,14-16,19-21H2,1-4H3.